The molecule has 144 valence electrons. The zero-order valence-electron chi connectivity index (χ0n) is 15.5. The molecule has 2 aromatic heterocycles. The molecule has 0 bridgehead atoms. The summed E-state index contributed by atoms with van der Waals surface area (Å²) in [5.41, 5.74) is 2.22. The van der Waals surface area contributed by atoms with Crippen LogP contribution in [-0.2, 0) is 22.4 Å². The minimum atomic E-state index is 0.0600. The molecule has 0 radical (unpaired) electrons. The van der Waals surface area contributed by atoms with Gasteiger partial charge in [-0.05, 0) is 41.7 Å². The maximum absolute atomic E-state index is 12.8. The monoisotopic (exact) mass is 386 g/mol. The Labute approximate surface area is 163 Å². The van der Waals surface area contributed by atoms with Crippen LogP contribution in [0.4, 0.5) is 0 Å². The first-order chi connectivity index (χ1) is 13.1. The summed E-state index contributed by atoms with van der Waals surface area (Å²) in [6, 6.07) is 2.03. The maximum atomic E-state index is 12.8. The van der Waals surface area contributed by atoms with Gasteiger partial charge >= 0.3 is 0 Å². The summed E-state index contributed by atoms with van der Waals surface area (Å²) in [5, 5.41) is 4.07. The van der Waals surface area contributed by atoms with E-state index in [4.69, 9.17) is 0 Å². The van der Waals surface area contributed by atoms with E-state index in [0.29, 0.717) is 19.4 Å². The van der Waals surface area contributed by atoms with Crippen LogP contribution in [0.1, 0.15) is 36.9 Å². The van der Waals surface area contributed by atoms with Gasteiger partial charge in [0, 0.05) is 56.3 Å². The van der Waals surface area contributed by atoms with Crippen LogP contribution < -0.4 is 0 Å². The van der Waals surface area contributed by atoms with E-state index >= 15 is 0 Å². The molecule has 6 nitrogen and oxygen atoms in total. The van der Waals surface area contributed by atoms with Crippen molar-refractivity contribution in [1.82, 2.24) is 19.8 Å². The normalized spacial score (nSPS) is 23.2. The third kappa shape index (κ3) is 4.24. The van der Waals surface area contributed by atoms with E-state index in [9.17, 15) is 9.59 Å². The van der Waals surface area contributed by atoms with Crippen LogP contribution in [0.3, 0.4) is 0 Å². The van der Waals surface area contributed by atoms with Crippen molar-refractivity contribution in [1.29, 1.82) is 0 Å². The average Bonchev–Trinajstić information content (AvgIpc) is 3.37. The van der Waals surface area contributed by atoms with Gasteiger partial charge in [-0.2, -0.15) is 11.3 Å². The third-order valence-corrected chi connectivity index (χ3v) is 6.64. The fraction of sp³-hybridized carbons (Fsp3) is 0.550. The molecule has 0 unspecified atom stereocenters. The fourth-order valence-electron chi connectivity index (χ4n) is 4.42. The van der Waals surface area contributed by atoms with Crippen molar-refractivity contribution in [2.75, 3.05) is 26.2 Å². The lowest BCUT2D eigenvalue weighted by Crippen LogP contribution is -2.55. The van der Waals surface area contributed by atoms with Gasteiger partial charge in [-0.15, -0.1) is 0 Å². The van der Waals surface area contributed by atoms with Crippen molar-refractivity contribution in [2.24, 2.45) is 5.41 Å². The molecule has 1 spiro atoms. The number of nitrogens with one attached hydrogen (secondary N) is 1. The summed E-state index contributed by atoms with van der Waals surface area (Å²) in [5.74, 6) is 0.454. The predicted octanol–water partition coefficient (Wildman–Crippen LogP) is 2.49. The molecule has 1 atom stereocenters. The largest absolute Gasteiger partial charge is 0.348 e. The van der Waals surface area contributed by atoms with E-state index in [1.165, 1.54) is 0 Å². The molecule has 27 heavy (non-hydrogen) atoms. The number of H-pyrrole nitrogens is 1. The van der Waals surface area contributed by atoms with Crippen LogP contribution in [0.15, 0.2) is 29.4 Å². The van der Waals surface area contributed by atoms with Gasteiger partial charge in [-0.1, -0.05) is 0 Å². The highest BCUT2D eigenvalue weighted by Crippen LogP contribution is 2.39. The van der Waals surface area contributed by atoms with Crippen LogP contribution >= 0.6 is 11.3 Å². The molecule has 2 fully saturated rings. The van der Waals surface area contributed by atoms with Crippen LogP contribution in [0, 0.1) is 5.41 Å². The summed E-state index contributed by atoms with van der Waals surface area (Å²) in [4.78, 5) is 36.4. The lowest BCUT2D eigenvalue weighted by Gasteiger charge is -2.48. The molecule has 2 aromatic rings. The first kappa shape index (κ1) is 18.2. The lowest BCUT2D eigenvalue weighted by molar-refractivity contribution is -0.142. The van der Waals surface area contributed by atoms with E-state index in [0.717, 1.165) is 56.6 Å². The lowest BCUT2D eigenvalue weighted by atomic mass is 9.73. The number of aromatic nitrogens is 2. The summed E-state index contributed by atoms with van der Waals surface area (Å²) < 4.78 is 0. The minimum absolute atomic E-state index is 0.0600. The molecule has 2 aliphatic heterocycles. The molecule has 1 N–H and O–H groups in total. The van der Waals surface area contributed by atoms with Crippen LogP contribution in [0.2, 0.25) is 0 Å². The molecular formula is C20H26N4O2S. The van der Waals surface area contributed by atoms with Crippen LogP contribution in [-0.4, -0.2) is 57.8 Å². The summed E-state index contributed by atoms with van der Waals surface area (Å²) >= 11 is 1.63. The Bertz CT molecular complexity index is 768. The van der Waals surface area contributed by atoms with E-state index in [1.807, 2.05) is 32.8 Å². The standard InChI is InChI=1S/C20H26N4O2S/c25-18-2-6-20(14-24(18)8-3-17-11-21-15-22-17)5-1-7-23(13-20)19(26)10-16-4-9-27-12-16/h4,9,11-12,15H,1-3,5-8,10,13-14H2,(H,21,22)/t20-/m1/s1. The van der Waals surface area contributed by atoms with E-state index in [1.54, 1.807) is 17.7 Å². The zero-order chi connectivity index (χ0) is 18.7. The molecule has 2 saturated heterocycles. The third-order valence-electron chi connectivity index (χ3n) is 5.90. The Morgan fingerprint density at radius 1 is 1.33 bits per heavy atom. The fourth-order valence-corrected chi connectivity index (χ4v) is 5.09. The van der Waals surface area contributed by atoms with Crippen molar-refractivity contribution in [3.05, 3.63) is 40.6 Å². The molecule has 7 heteroatoms. The number of hydrogen-bond donors (Lipinski definition) is 1. The van der Waals surface area contributed by atoms with Crippen molar-refractivity contribution in [3.8, 4) is 0 Å². The summed E-state index contributed by atoms with van der Waals surface area (Å²) in [7, 11) is 0. The first-order valence-corrected chi connectivity index (χ1v) is 10.6. The predicted molar refractivity (Wildman–Crippen MR) is 104 cm³/mol. The number of hydrogen-bond acceptors (Lipinski definition) is 4. The molecule has 4 heterocycles. The van der Waals surface area contributed by atoms with Gasteiger partial charge in [-0.25, -0.2) is 4.98 Å². The Morgan fingerprint density at radius 2 is 2.26 bits per heavy atom. The van der Waals surface area contributed by atoms with E-state index in [-0.39, 0.29) is 17.2 Å². The van der Waals surface area contributed by atoms with Crippen molar-refractivity contribution >= 4 is 23.2 Å². The Morgan fingerprint density at radius 3 is 3.04 bits per heavy atom. The molecule has 2 amide bonds. The van der Waals surface area contributed by atoms with E-state index < -0.39 is 0 Å². The number of imidazole rings is 1. The van der Waals surface area contributed by atoms with Gasteiger partial charge < -0.3 is 14.8 Å². The molecule has 0 aliphatic carbocycles. The topological polar surface area (TPSA) is 69.3 Å². The number of rotatable bonds is 5. The minimum Gasteiger partial charge on any atom is -0.348 e. The average molecular weight is 387 g/mol. The van der Waals surface area contributed by atoms with Crippen molar-refractivity contribution in [2.45, 2.75) is 38.5 Å². The van der Waals surface area contributed by atoms with Crippen LogP contribution in [0.5, 0.6) is 0 Å². The molecule has 4 rings (SSSR count). The highest BCUT2D eigenvalue weighted by molar-refractivity contribution is 7.08. The van der Waals surface area contributed by atoms with Gasteiger partial charge in [-0.3, -0.25) is 9.59 Å². The number of nitrogens with zero attached hydrogens (tertiary/aromatic N) is 3. The molecular weight excluding hydrogens is 360 g/mol. The Hall–Kier alpha value is -2.15. The SMILES string of the molecule is O=C1CC[C@@]2(CCCN(C(=O)Cc3ccsc3)C2)CN1CCc1cnc[nH]1. The van der Waals surface area contributed by atoms with E-state index in [2.05, 4.69) is 9.97 Å². The van der Waals surface area contributed by atoms with Gasteiger partial charge in [0.05, 0.1) is 12.7 Å². The number of amides is 2. The number of carbonyl (C=O) groups is 2. The summed E-state index contributed by atoms with van der Waals surface area (Å²) in [6.45, 7) is 3.10. The van der Waals surface area contributed by atoms with Gasteiger partial charge in [0.15, 0.2) is 0 Å². The smallest absolute Gasteiger partial charge is 0.227 e. The Balaban J connectivity index is 1.38. The van der Waals surface area contributed by atoms with Crippen molar-refractivity contribution in [3.63, 3.8) is 0 Å². The van der Waals surface area contributed by atoms with Gasteiger partial charge in [0.1, 0.15) is 0 Å². The van der Waals surface area contributed by atoms with Gasteiger partial charge in [0.25, 0.3) is 0 Å². The Kier molecular flexibility index (Phi) is 5.29. The highest BCUT2D eigenvalue weighted by atomic mass is 32.1. The van der Waals surface area contributed by atoms with Crippen LogP contribution in [0.25, 0.3) is 0 Å². The number of carbonyl (C=O) groups excluding carboxylic acids is 2. The number of likely N-dealkylation sites (tertiary alicyclic amines) is 2. The second-order valence-corrected chi connectivity index (χ2v) is 8.65. The highest BCUT2D eigenvalue weighted by Gasteiger charge is 2.42. The zero-order valence-corrected chi connectivity index (χ0v) is 16.3. The second kappa shape index (κ2) is 7.84. The first-order valence-electron chi connectivity index (χ1n) is 9.67. The van der Waals surface area contributed by atoms with Gasteiger partial charge in [0.2, 0.25) is 11.8 Å². The molecule has 0 aromatic carbocycles. The quantitative estimate of drug-likeness (QED) is 0.858. The maximum Gasteiger partial charge on any atom is 0.227 e. The number of thiophene rings is 1. The second-order valence-electron chi connectivity index (χ2n) is 7.87. The molecule has 0 saturated carbocycles. The van der Waals surface area contributed by atoms with Crippen molar-refractivity contribution < 1.29 is 9.59 Å². The number of piperidine rings is 2. The molecule has 2 aliphatic rings. The summed E-state index contributed by atoms with van der Waals surface area (Å²) in [6.07, 6.45) is 8.39. The number of aromatic amines is 1.